The summed E-state index contributed by atoms with van der Waals surface area (Å²) in [4.78, 5) is 0. The predicted octanol–water partition coefficient (Wildman–Crippen LogP) is 14.1. The van der Waals surface area contributed by atoms with Gasteiger partial charge in [-0.1, -0.05) is 114 Å². The summed E-state index contributed by atoms with van der Waals surface area (Å²) in [5.41, 5.74) is 8.19. The van der Waals surface area contributed by atoms with Crippen LogP contribution in [0.5, 0.6) is 11.5 Å². The summed E-state index contributed by atoms with van der Waals surface area (Å²) in [5.74, 6) is -0.0424. The average molecular weight is 679 g/mol. The van der Waals surface area contributed by atoms with Crippen LogP contribution >= 0.6 is 0 Å². The van der Waals surface area contributed by atoms with Crippen molar-refractivity contribution < 1.29 is 35.8 Å². The van der Waals surface area contributed by atoms with Crippen molar-refractivity contribution in [2.45, 2.75) is 83.5 Å². The Morgan fingerprint density at radius 2 is 0.837 bits per heavy atom. The van der Waals surface area contributed by atoms with Crippen LogP contribution in [0.15, 0.2) is 109 Å². The van der Waals surface area contributed by atoms with Crippen LogP contribution in [0.3, 0.4) is 0 Å². The van der Waals surface area contributed by atoms with E-state index in [-0.39, 0.29) is 16.9 Å². The third-order valence-corrected chi connectivity index (χ3v) is 9.36. The Hall–Kier alpha value is -4.46. The lowest BCUT2D eigenvalue weighted by atomic mass is 9.70. The highest BCUT2D eigenvalue weighted by Gasteiger charge is 2.42. The van der Waals surface area contributed by atoms with Gasteiger partial charge in [0.25, 0.3) is 0 Å². The first-order chi connectivity index (χ1) is 23.7. The van der Waals surface area contributed by atoms with Gasteiger partial charge < -0.3 is 9.47 Å². The van der Waals surface area contributed by atoms with Gasteiger partial charge >= 0.3 is 24.2 Å². The van der Waals surface area contributed by atoms with Crippen LogP contribution in [-0.4, -0.2) is 0 Å². The molecule has 0 heterocycles. The highest BCUT2D eigenvalue weighted by molar-refractivity contribution is 5.86. The van der Waals surface area contributed by atoms with Gasteiger partial charge in [0.15, 0.2) is 0 Å². The number of rotatable bonds is 16. The lowest BCUT2D eigenvalue weighted by Crippen LogP contribution is -2.25. The average Bonchev–Trinajstić information content (AvgIpc) is 3.37. The molecule has 1 aliphatic rings. The number of halogens is 6. The molecule has 0 saturated carbocycles. The molecule has 0 aliphatic heterocycles. The Morgan fingerprint density at radius 1 is 0.469 bits per heavy atom. The fourth-order valence-corrected chi connectivity index (χ4v) is 6.94. The quantitative estimate of drug-likeness (QED) is 0.0667. The van der Waals surface area contributed by atoms with Crippen molar-refractivity contribution in [1.29, 1.82) is 0 Å². The van der Waals surface area contributed by atoms with Crippen LogP contribution in [-0.2, 0) is 5.41 Å². The standard InChI is InChI=1S/C41H40F6O2/c1-3-5-7-9-23-41(24-10-8-6-4-2)35-25-29(27-11-17-31(18-12-27)48-39(46)37(42)43)15-21-33(35)34-22-16-30(26-36(34)41)28-13-19-32(20-14-28)49-40(47)38(44)45/h11-22,25-26H,3-10,23-24H2,1-2H3. The minimum Gasteiger partial charge on any atom is -0.428 e. The van der Waals surface area contributed by atoms with E-state index in [9.17, 15) is 26.3 Å². The molecule has 0 saturated heterocycles. The fraction of sp³-hybridized carbons (Fsp3) is 0.317. The first kappa shape index (κ1) is 35.8. The molecule has 1 aliphatic carbocycles. The van der Waals surface area contributed by atoms with Gasteiger partial charge in [-0.05, 0) is 93.7 Å². The highest BCUT2D eigenvalue weighted by Crippen LogP contribution is 2.56. The Labute approximate surface area is 284 Å². The van der Waals surface area contributed by atoms with Crippen LogP contribution in [0.2, 0.25) is 0 Å². The molecule has 0 unspecified atom stereocenters. The maximum absolute atomic E-state index is 13.4. The zero-order chi connectivity index (χ0) is 35.0. The fourth-order valence-electron chi connectivity index (χ4n) is 6.94. The zero-order valence-corrected chi connectivity index (χ0v) is 27.7. The molecule has 2 nitrogen and oxygen atoms in total. The van der Waals surface area contributed by atoms with Crippen molar-refractivity contribution >= 4 is 0 Å². The molecule has 0 N–H and O–H groups in total. The Morgan fingerprint density at radius 3 is 1.18 bits per heavy atom. The summed E-state index contributed by atoms with van der Waals surface area (Å²) in [6, 6.07) is 21.9. The molecule has 0 radical (unpaired) electrons. The molecule has 0 atom stereocenters. The molecular weight excluding hydrogens is 638 g/mol. The molecule has 0 amide bonds. The van der Waals surface area contributed by atoms with Crippen molar-refractivity contribution in [3.05, 3.63) is 120 Å². The number of hydrogen-bond donors (Lipinski definition) is 0. The van der Waals surface area contributed by atoms with E-state index in [1.165, 1.54) is 46.5 Å². The molecule has 0 spiro atoms. The Bertz CT molecular complexity index is 1650. The van der Waals surface area contributed by atoms with Gasteiger partial charge in [0.1, 0.15) is 11.5 Å². The van der Waals surface area contributed by atoms with Crippen LogP contribution in [0.25, 0.3) is 33.4 Å². The maximum Gasteiger partial charge on any atom is 0.344 e. The van der Waals surface area contributed by atoms with Gasteiger partial charge in [0, 0.05) is 5.41 Å². The third kappa shape index (κ3) is 8.23. The zero-order valence-electron chi connectivity index (χ0n) is 27.7. The molecule has 4 aromatic carbocycles. The first-order valence-corrected chi connectivity index (χ1v) is 16.9. The molecule has 49 heavy (non-hydrogen) atoms. The third-order valence-electron chi connectivity index (χ3n) is 9.36. The monoisotopic (exact) mass is 678 g/mol. The van der Waals surface area contributed by atoms with E-state index in [0.717, 1.165) is 86.5 Å². The second kappa shape index (κ2) is 16.3. The molecule has 0 fully saturated rings. The minimum atomic E-state index is -2.51. The molecule has 258 valence electrons. The largest absolute Gasteiger partial charge is 0.428 e. The lowest BCUT2D eigenvalue weighted by Gasteiger charge is -2.33. The molecule has 0 aromatic heterocycles. The van der Waals surface area contributed by atoms with E-state index in [1.54, 1.807) is 24.3 Å². The van der Waals surface area contributed by atoms with Crippen molar-refractivity contribution in [2.24, 2.45) is 0 Å². The van der Waals surface area contributed by atoms with Gasteiger partial charge in [-0.2, -0.15) is 26.3 Å². The van der Waals surface area contributed by atoms with Crippen LogP contribution in [0.4, 0.5) is 26.3 Å². The number of hydrogen-bond acceptors (Lipinski definition) is 2. The van der Waals surface area contributed by atoms with E-state index >= 15 is 0 Å². The summed E-state index contributed by atoms with van der Waals surface area (Å²) in [6.45, 7) is 4.40. The van der Waals surface area contributed by atoms with E-state index in [1.807, 2.05) is 12.1 Å². The van der Waals surface area contributed by atoms with Crippen molar-refractivity contribution in [2.75, 3.05) is 0 Å². The summed E-state index contributed by atoms with van der Waals surface area (Å²) in [6.07, 6.45) is 5.82. The second-order valence-electron chi connectivity index (χ2n) is 12.5. The second-order valence-corrected chi connectivity index (χ2v) is 12.5. The number of fused-ring (bicyclic) bond motifs is 3. The summed E-state index contributed by atoms with van der Waals surface area (Å²) >= 11 is 0. The van der Waals surface area contributed by atoms with E-state index in [0.29, 0.717) is 0 Å². The van der Waals surface area contributed by atoms with Crippen LogP contribution < -0.4 is 9.47 Å². The topological polar surface area (TPSA) is 18.5 Å². The normalized spacial score (nSPS) is 12.7. The smallest absolute Gasteiger partial charge is 0.344 e. The summed E-state index contributed by atoms with van der Waals surface area (Å²) < 4.78 is 86.3. The van der Waals surface area contributed by atoms with Gasteiger partial charge in [0.2, 0.25) is 0 Å². The van der Waals surface area contributed by atoms with Crippen molar-refractivity contribution in [1.82, 2.24) is 0 Å². The molecule has 0 bridgehead atoms. The van der Waals surface area contributed by atoms with Crippen molar-refractivity contribution in [3.8, 4) is 44.9 Å². The summed E-state index contributed by atoms with van der Waals surface area (Å²) in [7, 11) is 0. The number of unbranched alkanes of at least 4 members (excludes halogenated alkanes) is 6. The summed E-state index contributed by atoms with van der Waals surface area (Å²) in [5, 5.41) is 0. The highest BCUT2D eigenvalue weighted by atomic mass is 19.3. The molecule has 8 heteroatoms. The number of benzene rings is 4. The van der Waals surface area contributed by atoms with Gasteiger partial charge in [0.05, 0.1) is 0 Å². The predicted molar refractivity (Wildman–Crippen MR) is 183 cm³/mol. The minimum absolute atomic E-state index is 0.0212. The van der Waals surface area contributed by atoms with Crippen LogP contribution in [0, 0.1) is 0 Å². The van der Waals surface area contributed by atoms with E-state index in [4.69, 9.17) is 0 Å². The van der Waals surface area contributed by atoms with Crippen molar-refractivity contribution in [3.63, 3.8) is 0 Å². The molecule has 5 rings (SSSR count). The maximum atomic E-state index is 13.4. The Kier molecular flexibility index (Phi) is 11.9. The van der Waals surface area contributed by atoms with Gasteiger partial charge in [-0.3, -0.25) is 0 Å². The van der Waals surface area contributed by atoms with E-state index in [2.05, 4.69) is 47.6 Å². The van der Waals surface area contributed by atoms with Gasteiger partial charge in [-0.25, -0.2) is 0 Å². The molecule has 4 aromatic rings. The first-order valence-electron chi connectivity index (χ1n) is 16.9. The Balaban J connectivity index is 1.57. The van der Waals surface area contributed by atoms with E-state index < -0.39 is 24.2 Å². The molecular formula is C41H40F6O2. The lowest BCUT2D eigenvalue weighted by molar-refractivity contribution is 0.241. The SMILES string of the molecule is CCCCCCC1(CCCCCC)c2cc(-c3ccc(OC(F)=C(F)F)cc3)ccc2-c2ccc(-c3ccc(OC(F)=C(F)F)cc3)cc21. The van der Waals surface area contributed by atoms with Gasteiger partial charge in [-0.15, -0.1) is 0 Å². The number of ether oxygens (including phenoxy) is 2. The van der Waals surface area contributed by atoms with Crippen LogP contribution in [0.1, 0.15) is 89.2 Å².